The third kappa shape index (κ3) is 3.13. The lowest BCUT2D eigenvalue weighted by atomic mass is 9.87. The molecule has 1 aliphatic heterocycles. The molecule has 1 aromatic rings. The summed E-state index contributed by atoms with van der Waals surface area (Å²) in [5.74, 6) is 1.06. The average Bonchev–Trinajstić information content (AvgIpc) is 2.49. The summed E-state index contributed by atoms with van der Waals surface area (Å²) in [5.41, 5.74) is 2.39. The predicted molar refractivity (Wildman–Crippen MR) is 86.3 cm³/mol. The maximum Gasteiger partial charge on any atom is 0.182 e. The van der Waals surface area contributed by atoms with Crippen LogP contribution in [0.25, 0.3) is 0 Å². The van der Waals surface area contributed by atoms with E-state index >= 15 is 0 Å². The van der Waals surface area contributed by atoms with E-state index in [-0.39, 0.29) is 5.78 Å². The first-order valence-corrected chi connectivity index (χ1v) is 7.83. The van der Waals surface area contributed by atoms with Gasteiger partial charge >= 0.3 is 0 Å². The molecule has 0 saturated carbocycles. The van der Waals surface area contributed by atoms with Crippen LogP contribution in [0.3, 0.4) is 0 Å². The minimum absolute atomic E-state index is 0.215. The van der Waals surface area contributed by atoms with E-state index in [0.717, 1.165) is 35.5 Å². The van der Waals surface area contributed by atoms with Gasteiger partial charge in [0.25, 0.3) is 0 Å². The quantitative estimate of drug-likeness (QED) is 0.790. The Bertz CT molecular complexity index is 528. The summed E-state index contributed by atoms with van der Waals surface area (Å²) in [7, 11) is 1.67. The third-order valence-electron chi connectivity index (χ3n) is 4.69. The molecule has 0 atom stereocenters. The van der Waals surface area contributed by atoms with Gasteiger partial charge in [0.15, 0.2) is 5.78 Å². The summed E-state index contributed by atoms with van der Waals surface area (Å²) in [4.78, 5) is 15.4. The Labute approximate surface area is 128 Å². The maximum absolute atomic E-state index is 13.1. The van der Waals surface area contributed by atoms with Gasteiger partial charge in [-0.25, -0.2) is 0 Å². The first-order chi connectivity index (χ1) is 9.87. The van der Waals surface area contributed by atoms with E-state index in [9.17, 15) is 4.79 Å². The van der Waals surface area contributed by atoms with Crippen molar-refractivity contribution >= 4 is 5.78 Å². The van der Waals surface area contributed by atoms with Crippen molar-refractivity contribution < 1.29 is 9.53 Å². The number of likely N-dealkylation sites (tertiary alicyclic amines) is 1. The molecule has 21 heavy (non-hydrogen) atoms. The summed E-state index contributed by atoms with van der Waals surface area (Å²) < 4.78 is 5.34. The Morgan fingerprint density at radius 2 is 1.71 bits per heavy atom. The van der Waals surface area contributed by atoms with Crippen LogP contribution in [0, 0.1) is 13.8 Å². The smallest absolute Gasteiger partial charge is 0.182 e. The number of carbonyl (C=O) groups excluding carboxylic acids is 1. The Kier molecular flexibility index (Phi) is 4.72. The molecule has 1 fully saturated rings. The number of ether oxygens (including phenoxy) is 1. The molecule has 116 valence electrons. The summed E-state index contributed by atoms with van der Waals surface area (Å²) in [6.07, 6.45) is 3.66. The van der Waals surface area contributed by atoms with Gasteiger partial charge in [-0.2, -0.15) is 0 Å². The number of ketones is 1. The minimum Gasteiger partial charge on any atom is -0.496 e. The first kappa shape index (κ1) is 16.0. The van der Waals surface area contributed by atoms with Gasteiger partial charge in [-0.05, 0) is 76.9 Å². The highest BCUT2D eigenvalue weighted by Crippen LogP contribution is 2.29. The number of carbonyl (C=O) groups is 1. The molecule has 0 N–H and O–H groups in total. The molecule has 0 spiro atoms. The van der Waals surface area contributed by atoms with Crippen molar-refractivity contribution in [2.24, 2.45) is 0 Å². The van der Waals surface area contributed by atoms with Crippen LogP contribution in [0.2, 0.25) is 0 Å². The number of methoxy groups -OCH3 is 1. The van der Waals surface area contributed by atoms with Crippen LogP contribution in [0.15, 0.2) is 12.1 Å². The molecular weight excluding hydrogens is 262 g/mol. The molecule has 1 aliphatic rings. The van der Waals surface area contributed by atoms with Gasteiger partial charge in [-0.3, -0.25) is 9.69 Å². The van der Waals surface area contributed by atoms with Crippen molar-refractivity contribution in [1.82, 2.24) is 4.90 Å². The van der Waals surface area contributed by atoms with Crippen molar-refractivity contribution in [3.63, 3.8) is 0 Å². The molecular formula is C18H27NO2. The van der Waals surface area contributed by atoms with E-state index in [1.165, 1.54) is 19.3 Å². The summed E-state index contributed by atoms with van der Waals surface area (Å²) in [6.45, 7) is 10.1. The third-order valence-corrected chi connectivity index (χ3v) is 4.69. The van der Waals surface area contributed by atoms with E-state index in [1.807, 2.05) is 26.0 Å². The fourth-order valence-corrected chi connectivity index (χ4v) is 3.18. The number of aryl methyl sites for hydroxylation is 2. The highest BCUT2D eigenvalue weighted by Gasteiger charge is 2.36. The maximum atomic E-state index is 13.1. The minimum atomic E-state index is -0.438. The van der Waals surface area contributed by atoms with Crippen LogP contribution in [0.4, 0.5) is 0 Å². The Morgan fingerprint density at radius 1 is 1.10 bits per heavy atom. The van der Waals surface area contributed by atoms with Crippen molar-refractivity contribution in [1.29, 1.82) is 0 Å². The van der Waals surface area contributed by atoms with Crippen molar-refractivity contribution in [2.75, 3.05) is 20.2 Å². The number of benzene rings is 1. The average molecular weight is 289 g/mol. The lowest BCUT2D eigenvalue weighted by molar-refractivity contribution is 0.0578. The molecule has 0 radical (unpaired) electrons. The summed E-state index contributed by atoms with van der Waals surface area (Å²) in [5, 5.41) is 0. The van der Waals surface area contributed by atoms with E-state index in [4.69, 9.17) is 4.74 Å². The van der Waals surface area contributed by atoms with E-state index in [0.29, 0.717) is 0 Å². The molecule has 0 unspecified atom stereocenters. The van der Waals surface area contributed by atoms with Crippen LogP contribution in [0.5, 0.6) is 5.75 Å². The van der Waals surface area contributed by atoms with Gasteiger partial charge < -0.3 is 4.74 Å². The normalized spacial score (nSPS) is 16.8. The molecule has 2 rings (SSSR count). The number of hydrogen-bond donors (Lipinski definition) is 0. The van der Waals surface area contributed by atoms with E-state index < -0.39 is 5.54 Å². The van der Waals surface area contributed by atoms with Gasteiger partial charge in [0.1, 0.15) is 5.75 Å². The van der Waals surface area contributed by atoms with Crippen molar-refractivity contribution in [2.45, 2.75) is 52.5 Å². The second kappa shape index (κ2) is 6.18. The highest BCUT2D eigenvalue weighted by molar-refractivity contribution is 6.04. The number of rotatable bonds is 4. The molecule has 3 heteroatoms. The van der Waals surface area contributed by atoms with Gasteiger partial charge in [-0.1, -0.05) is 6.42 Å². The zero-order chi connectivity index (χ0) is 15.6. The van der Waals surface area contributed by atoms with Gasteiger partial charge in [0.05, 0.1) is 12.6 Å². The fourth-order valence-electron chi connectivity index (χ4n) is 3.18. The zero-order valence-electron chi connectivity index (χ0n) is 14.0. The van der Waals surface area contributed by atoms with Crippen LogP contribution in [0.1, 0.15) is 54.6 Å². The van der Waals surface area contributed by atoms with Crippen molar-refractivity contribution in [3.05, 3.63) is 28.8 Å². The van der Waals surface area contributed by atoms with Crippen LogP contribution in [-0.2, 0) is 0 Å². The summed E-state index contributed by atoms with van der Waals surface area (Å²) in [6, 6.07) is 3.94. The molecule has 0 aliphatic carbocycles. The van der Waals surface area contributed by atoms with E-state index in [1.54, 1.807) is 7.11 Å². The lowest BCUT2D eigenvalue weighted by Gasteiger charge is -2.40. The van der Waals surface area contributed by atoms with Crippen LogP contribution >= 0.6 is 0 Å². The van der Waals surface area contributed by atoms with Crippen LogP contribution < -0.4 is 4.74 Å². The molecule has 3 nitrogen and oxygen atoms in total. The molecule has 0 amide bonds. The number of nitrogens with zero attached hydrogens (tertiary/aromatic N) is 1. The standard InChI is InChI=1S/C18H27NO2/c1-13-12-16(21-5)14(2)11-15(13)17(20)18(3,4)19-9-7-6-8-10-19/h11-12H,6-10H2,1-5H3. The highest BCUT2D eigenvalue weighted by atomic mass is 16.5. The largest absolute Gasteiger partial charge is 0.496 e. The number of piperidine rings is 1. The molecule has 1 saturated heterocycles. The Hall–Kier alpha value is -1.35. The van der Waals surface area contributed by atoms with Gasteiger partial charge in [-0.15, -0.1) is 0 Å². The van der Waals surface area contributed by atoms with Crippen molar-refractivity contribution in [3.8, 4) is 5.75 Å². The molecule has 1 aromatic carbocycles. The zero-order valence-corrected chi connectivity index (χ0v) is 14.0. The first-order valence-electron chi connectivity index (χ1n) is 7.83. The topological polar surface area (TPSA) is 29.5 Å². The van der Waals surface area contributed by atoms with E-state index in [2.05, 4.69) is 18.7 Å². The second-order valence-electron chi connectivity index (χ2n) is 6.57. The lowest BCUT2D eigenvalue weighted by Crippen LogP contribution is -2.52. The van der Waals surface area contributed by atoms with Gasteiger partial charge in [0, 0.05) is 5.56 Å². The molecule has 0 bridgehead atoms. The fraction of sp³-hybridized carbons (Fsp3) is 0.611. The summed E-state index contributed by atoms with van der Waals surface area (Å²) >= 11 is 0. The predicted octanol–water partition coefficient (Wildman–Crippen LogP) is 3.76. The number of hydrogen-bond acceptors (Lipinski definition) is 3. The molecule has 1 heterocycles. The molecule has 0 aromatic heterocycles. The monoisotopic (exact) mass is 289 g/mol. The van der Waals surface area contributed by atoms with Gasteiger partial charge in [0.2, 0.25) is 0 Å². The number of Topliss-reactive ketones (excluding diaryl/α,β-unsaturated/α-hetero) is 1. The Morgan fingerprint density at radius 3 is 2.29 bits per heavy atom. The van der Waals surface area contributed by atoms with Crippen LogP contribution in [-0.4, -0.2) is 36.4 Å². The second-order valence-corrected chi connectivity index (χ2v) is 6.57. The Balaban J connectivity index is 2.32. The SMILES string of the molecule is COc1cc(C)c(C(=O)C(C)(C)N2CCCCC2)cc1C.